The van der Waals surface area contributed by atoms with Gasteiger partial charge in [0.2, 0.25) is 0 Å². The molecule has 8 heavy (non-hydrogen) atoms. The molecule has 5 nitrogen and oxygen atoms in total. The third-order valence-electron chi connectivity index (χ3n) is 0.565. The summed E-state index contributed by atoms with van der Waals surface area (Å²) in [5.74, 6) is 0. The van der Waals surface area contributed by atoms with E-state index in [0.29, 0.717) is 0 Å². The zero-order valence-corrected chi connectivity index (χ0v) is 4.50. The van der Waals surface area contributed by atoms with Crippen molar-refractivity contribution in [2.24, 2.45) is 5.34 Å². The highest BCUT2D eigenvalue weighted by Crippen LogP contribution is 1.76. The Labute approximate surface area is 46.5 Å². The highest BCUT2D eigenvalue weighted by molar-refractivity contribution is 4.46. The Morgan fingerprint density at radius 3 is 3.00 bits per heavy atom. The van der Waals surface area contributed by atoms with Crippen LogP contribution in [-0.2, 0) is 4.94 Å². The maximum absolute atomic E-state index is 9.21. The number of nitrogens with one attached hydrogen (secondary N) is 1. The fourth-order valence-electron chi connectivity index (χ4n) is 0.149. The van der Waals surface area contributed by atoms with Crippen LogP contribution in [0.2, 0.25) is 0 Å². The Balaban J connectivity index is 2.97. The Morgan fingerprint density at radius 2 is 2.62 bits per heavy atom. The lowest BCUT2D eigenvalue weighted by molar-refractivity contribution is 0.00731. The van der Waals surface area contributed by atoms with E-state index in [2.05, 4.69) is 15.8 Å². The van der Waals surface area contributed by atoms with Crippen LogP contribution in [0.5, 0.6) is 0 Å². The van der Waals surface area contributed by atoms with Crippen molar-refractivity contribution in [3.8, 4) is 0 Å². The van der Waals surface area contributed by atoms with E-state index in [-0.39, 0.29) is 12.6 Å². The molecule has 1 unspecified atom stereocenters. The molecule has 0 spiro atoms. The monoisotopic (exact) mass is 120 g/mol. The third-order valence-corrected chi connectivity index (χ3v) is 0.565. The summed E-state index contributed by atoms with van der Waals surface area (Å²) in [6, 6.07) is -0.257. The van der Waals surface area contributed by atoms with Crippen LogP contribution in [0.4, 0.5) is 0 Å². The van der Waals surface area contributed by atoms with Crippen LogP contribution >= 0.6 is 0 Å². The first-order chi connectivity index (χ1) is 3.81. The molecule has 1 atom stereocenters. The van der Waals surface area contributed by atoms with Crippen molar-refractivity contribution in [2.45, 2.75) is 13.0 Å². The van der Waals surface area contributed by atoms with E-state index in [1.54, 1.807) is 6.92 Å². The summed E-state index contributed by atoms with van der Waals surface area (Å²) < 4.78 is 0. The van der Waals surface area contributed by atoms with Crippen LogP contribution in [0.3, 0.4) is 0 Å². The highest BCUT2D eigenvalue weighted by Gasteiger charge is 1.95. The first-order valence-corrected chi connectivity index (χ1v) is 2.16. The number of hydrogen-bond acceptors (Lipinski definition) is 5. The average molecular weight is 120 g/mol. The van der Waals surface area contributed by atoms with E-state index < -0.39 is 0 Å². The van der Waals surface area contributed by atoms with Gasteiger partial charge in [0.1, 0.15) is 0 Å². The molecule has 0 bridgehead atoms. The number of aliphatic hydroxyl groups excluding tert-OH is 1. The van der Waals surface area contributed by atoms with Gasteiger partial charge in [-0.25, -0.2) is 0 Å². The van der Waals surface area contributed by atoms with E-state index in [9.17, 15) is 4.91 Å². The zero-order valence-electron chi connectivity index (χ0n) is 4.50. The molecule has 5 heteroatoms. The van der Waals surface area contributed by atoms with E-state index in [1.807, 2.05) is 0 Å². The lowest BCUT2D eigenvalue weighted by Gasteiger charge is -2.02. The molecule has 0 aromatic rings. The van der Waals surface area contributed by atoms with Gasteiger partial charge in [0.25, 0.3) is 0 Å². The molecule has 0 aromatic heterocycles. The molecule has 0 heterocycles. The van der Waals surface area contributed by atoms with Gasteiger partial charge in [-0.2, -0.15) is 0 Å². The molecular formula is C3H8N2O3. The molecule has 0 fully saturated rings. The van der Waals surface area contributed by atoms with Crippen LogP contribution in [0.25, 0.3) is 0 Å². The first-order valence-electron chi connectivity index (χ1n) is 2.16. The molecule has 0 amide bonds. The Kier molecular flexibility index (Phi) is 4.10. The van der Waals surface area contributed by atoms with Crippen molar-refractivity contribution in [3.63, 3.8) is 0 Å². The molecule has 0 aromatic carbocycles. The van der Waals surface area contributed by atoms with Gasteiger partial charge in [-0.05, 0) is 6.92 Å². The standard InChI is InChI=1S/C3H8N2O3/c1-3(2-6)4-8-5-7/h3-4,6H,2H2,1H3. The normalized spacial score (nSPS) is 12.8. The van der Waals surface area contributed by atoms with Crippen molar-refractivity contribution < 1.29 is 10.0 Å². The van der Waals surface area contributed by atoms with Crippen LogP contribution in [0.15, 0.2) is 5.34 Å². The van der Waals surface area contributed by atoms with Gasteiger partial charge in [-0.15, -0.1) is 10.4 Å². The Hall–Kier alpha value is -0.680. The van der Waals surface area contributed by atoms with E-state index in [1.165, 1.54) is 0 Å². The molecule has 0 aliphatic heterocycles. The summed E-state index contributed by atoms with van der Waals surface area (Å²) in [5, 5.41) is 10.3. The summed E-state index contributed by atoms with van der Waals surface area (Å²) >= 11 is 0. The molecule has 0 radical (unpaired) electrons. The molecule has 48 valence electrons. The summed E-state index contributed by atoms with van der Waals surface area (Å²) in [6.45, 7) is 1.56. The predicted molar refractivity (Wildman–Crippen MR) is 26.6 cm³/mol. The Bertz CT molecular complexity index is 67.5. The number of nitrogens with zero attached hydrogens (tertiary/aromatic N) is 1. The summed E-state index contributed by atoms with van der Waals surface area (Å²) in [4.78, 5) is 13.1. The van der Waals surface area contributed by atoms with Crippen molar-refractivity contribution in [1.29, 1.82) is 0 Å². The molecule has 2 N–H and O–H groups in total. The summed E-state index contributed by atoms with van der Waals surface area (Å²) in [6.07, 6.45) is 0. The maximum Gasteiger partial charge on any atom is 0.176 e. The molecule has 0 rings (SSSR count). The van der Waals surface area contributed by atoms with Crippen LogP contribution in [0, 0.1) is 4.91 Å². The Morgan fingerprint density at radius 1 is 2.00 bits per heavy atom. The largest absolute Gasteiger partial charge is 0.395 e. The molecule has 0 saturated heterocycles. The number of rotatable bonds is 4. The summed E-state index contributed by atoms with van der Waals surface area (Å²) in [7, 11) is 0. The van der Waals surface area contributed by atoms with E-state index >= 15 is 0 Å². The number of hydroxylamine groups is 1. The minimum absolute atomic E-state index is 0.0878. The van der Waals surface area contributed by atoms with Crippen LogP contribution in [0.1, 0.15) is 6.92 Å². The summed E-state index contributed by atoms with van der Waals surface area (Å²) in [5.41, 5.74) is 2.15. The minimum atomic E-state index is -0.257. The quantitative estimate of drug-likeness (QED) is 0.390. The molecule has 0 aliphatic rings. The van der Waals surface area contributed by atoms with Crippen molar-refractivity contribution >= 4 is 0 Å². The predicted octanol–water partition coefficient (Wildman–Crippen LogP) is -0.430. The van der Waals surface area contributed by atoms with E-state index in [4.69, 9.17) is 5.11 Å². The lowest BCUT2D eigenvalue weighted by Crippen LogP contribution is -2.27. The molecule has 0 aliphatic carbocycles. The third kappa shape index (κ3) is 3.51. The van der Waals surface area contributed by atoms with Gasteiger partial charge in [-0.1, -0.05) is 0 Å². The van der Waals surface area contributed by atoms with E-state index in [0.717, 1.165) is 0 Å². The second-order valence-electron chi connectivity index (χ2n) is 1.37. The number of aliphatic hydroxyl groups is 1. The maximum atomic E-state index is 9.21. The van der Waals surface area contributed by atoms with Gasteiger partial charge in [0.05, 0.1) is 12.6 Å². The fourth-order valence-corrected chi connectivity index (χ4v) is 0.149. The smallest absolute Gasteiger partial charge is 0.176 e. The topological polar surface area (TPSA) is 70.9 Å². The second-order valence-corrected chi connectivity index (χ2v) is 1.37. The average Bonchev–Trinajstić information content (AvgIpc) is 1.83. The first kappa shape index (κ1) is 7.32. The van der Waals surface area contributed by atoms with Crippen molar-refractivity contribution in [3.05, 3.63) is 4.91 Å². The second kappa shape index (κ2) is 4.48. The molecule has 0 saturated carbocycles. The van der Waals surface area contributed by atoms with Gasteiger partial charge in [0.15, 0.2) is 5.34 Å². The fraction of sp³-hybridized carbons (Fsp3) is 1.00. The SMILES string of the molecule is CC(CO)NON=O. The van der Waals surface area contributed by atoms with Gasteiger partial charge in [-0.3, -0.25) is 4.94 Å². The van der Waals surface area contributed by atoms with Crippen molar-refractivity contribution in [1.82, 2.24) is 5.48 Å². The molecular weight excluding hydrogens is 112 g/mol. The van der Waals surface area contributed by atoms with Gasteiger partial charge in [0, 0.05) is 0 Å². The number of hydrogen-bond donors (Lipinski definition) is 2. The minimum Gasteiger partial charge on any atom is -0.395 e. The van der Waals surface area contributed by atoms with Crippen LogP contribution < -0.4 is 5.48 Å². The zero-order chi connectivity index (χ0) is 6.41. The highest BCUT2D eigenvalue weighted by atomic mass is 16.8. The van der Waals surface area contributed by atoms with Gasteiger partial charge >= 0.3 is 0 Å². The van der Waals surface area contributed by atoms with Crippen LogP contribution in [-0.4, -0.2) is 17.8 Å². The lowest BCUT2D eigenvalue weighted by atomic mass is 10.4. The van der Waals surface area contributed by atoms with Gasteiger partial charge < -0.3 is 5.11 Å². The van der Waals surface area contributed by atoms with Crippen molar-refractivity contribution in [2.75, 3.05) is 6.61 Å².